The van der Waals surface area contributed by atoms with Crippen molar-refractivity contribution < 1.29 is 4.79 Å². The Hall–Kier alpha value is -1.78. The molecule has 5 heteroatoms. The molecule has 1 heterocycles. The first-order valence-corrected chi connectivity index (χ1v) is 6.42. The predicted octanol–water partition coefficient (Wildman–Crippen LogP) is 1.63. The normalized spacial score (nSPS) is 18.9. The average Bonchev–Trinajstić information content (AvgIpc) is 2.66. The number of nitrogens with zero attached hydrogens (tertiary/aromatic N) is 2. The van der Waals surface area contributed by atoms with Crippen molar-refractivity contribution in [2.24, 2.45) is 0 Å². The van der Waals surface area contributed by atoms with Crippen molar-refractivity contribution in [1.82, 2.24) is 15.1 Å². The number of nitrogens with one attached hydrogen (secondary N) is 1. The molecule has 0 aliphatic heterocycles. The summed E-state index contributed by atoms with van der Waals surface area (Å²) in [5.74, 6) is -0.116. The largest absolute Gasteiger partial charge is 0.395 e. The van der Waals surface area contributed by atoms with E-state index in [1.807, 2.05) is 13.8 Å². The van der Waals surface area contributed by atoms with Crippen LogP contribution in [0.3, 0.4) is 0 Å². The first kappa shape index (κ1) is 12.7. The maximum Gasteiger partial charge on any atom is 0.271 e. The molecule has 98 valence electrons. The monoisotopic (exact) mass is 248 g/mol. The Kier molecular flexibility index (Phi) is 3.69. The van der Waals surface area contributed by atoms with Gasteiger partial charge >= 0.3 is 0 Å². The molecule has 3 N–H and O–H groups in total. The highest BCUT2D eigenvalue weighted by Gasteiger charge is 2.21. The van der Waals surface area contributed by atoms with E-state index in [1.165, 1.54) is 0 Å². The lowest BCUT2D eigenvalue weighted by Gasteiger charge is -2.19. The molecule has 0 fully saturated rings. The van der Waals surface area contributed by atoms with Gasteiger partial charge in [0.2, 0.25) is 0 Å². The van der Waals surface area contributed by atoms with Crippen LogP contribution < -0.4 is 11.1 Å². The molecule has 0 saturated heterocycles. The summed E-state index contributed by atoms with van der Waals surface area (Å²) < 4.78 is 1.67. The van der Waals surface area contributed by atoms with Crippen molar-refractivity contribution in [3.05, 3.63) is 23.5 Å². The Morgan fingerprint density at radius 3 is 3.00 bits per heavy atom. The van der Waals surface area contributed by atoms with E-state index in [9.17, 15) is 4.79 Å². The lowest BCUT2D eigenvalue weighted by atomic mass is 10.0. The minimum Gasteiger partial charge on any atom is -0.395 e. The second-order valence-electron chi connectivity index (χ2n) is 4.62. The zero-order chi connectivity index (χ0) is 13.1. The van der Waals surface area contributed by atoms with Crippen LogP contribution in [0, 0.1) is 6.92 Å². The molecule has 0 spiro atoms. The topological polar surface area (TPSA) is 72.9 Å². The summed E-state index contributed by atoms with van der Waals surface area (Å²) >= 11 is 0. The summed E-state index contributed by atoms with van der Waals surface area (Å²) in [7, 11) is 0. The smallest absolute Gasteiger partial charge is 0.271 e. The van der Waals surface area contributed by atoms with Gasteiger partial charge in [-0.15, -0.1) is 0 Å². The fourth-order valence-electron chi connectivity index (χ4n) is 2.24. The Bertz CT molecular complexity index is 476. The third kappa shape index (κ3) is 2.39. The van der Waals surface area contributed by atoms with Crippen LogP contribution in [0.25, 0.3) is 0 Å². The Morgan fingerprint density at radius 2 is 2.39 bits per heavy atom. The highest BCUT2D eigenvalue weighted by Crippen LogP contribution is 2.18. The summed E-state index contributed by atoms with van der Waals surface area (Å²) in [6.45, 7) is 4.42. The third-order valence-corrected chi connectivity index (χ3v) is 3.29. The summed E-state index contributed by atoms with van der Waals surface area (Å²) in [5.41, 5.74) is 7.62. The second-order valence-corrected chi connectivity index (χ2v) is 4.62. The minimum absolute atomic E-state index is 0.116. The number of amides is 1. The van der Waals surface area contributed by atoms with Crippen LogP contribution >= 0.6 is 0 Å². The van der Waals surface area contributed by atoms with Gasteiger partial charge in [-0.05, 0) is 33.1 Å². The second kappa shape index (κ2) is 5.25. The fourth-order valence-corrected chi connectivity index (χ4v) is 2.24. The molecule has 1 amide bonds. The lowest BCUT2D eigenvalue weighted by Crippen LogP contribution is -2.36. The van der Waals surface area contributed by atoms with E-state index in [2.05, 4.69) is 22.6 Å². The quantitative estimate of drug-likeness (QED) is 0.798. The first-order valence-electron chi connectivity index (χ1n) is 6.42. The standard InChI is InChI=1S/C13H20N4O/c1-3-17-12(11(14)9(2)16-17)13(18)15-10-7-5-4-6-8-10/h4-5,10H,3,6-8,14H2,1-2H3,(H,15,18). The third-order valence-electron chi connectivity index (χ3n) is 3.29. The summed E-state index contributed by atoms with van der Waals surface area (Å²) in [4.78, 5) is 12.3. The van der Waals surface area contributed by atoms with Gasteiger partial charge in [0.15, 0.2) is 0 Å². The van der Waals surface area contributed by atoms with E-state index in [0.29, 0.717) is 23.6 Å². The van der Waals surface area contributed by atoms with Crippen LogP contribution in [0.15, 0.2) is 12.2 Å². The van der Waals surface area contributed by atoms with Crippen molar-refractivity contribution in [3.63, 3.8) is 0 Å². The lowest BCUT2D eigenvalue weighted by molar-refractivity contribution is 0.0925. The number of hydrogen-bond donors (Lipinski definition) is 2. The van der Waals surface area contributed by atoms with Gasteiger partial charge in [0.1, 0.15) is 5.69 Å². The SMILES string of the molecule is CCn1nc(C)c(N)c1C(=O)NC1CC=CCC1. The van der Waals surface area contributed by atoms with Crippen LogP contribution in [0.5, 0.6) is 0 Å². The van der Waals surface area contributed by atoms with Crippen molar-refractivity contribution in [1.29, 1.82) is 0 Å². The van der Waals surface area contributed by atoms with E-state index < -0.39 is 0 Å². The van der Waals surface area contributed by atoms with E-state index in [0.717, 1.165) is 19.3 Å². The van der Waals surface area contributed by atoms with E-state index >= 15 is 0 Å². The number of carbonyl (C=O) groups excluding carboxylic acids is 1. The van der Waals surface area contributed by atoms with Crippen molar-refractivity contribution in [3.8, 4) is 0 Å². The molecule has 1 aromatic rings. The predicted molar refractivity (Wildman–Crippen MR) is 71.3 cm³/mol. The first-order chi connectivity index (χ1) is 8.63. The van der Waals surface area contributed by atoms with Crippen LogP contribution in [0.4, 0.5) is 5.69 Å². The summed E-state index contributed by atoms with van der Waals surface area (Å²) in [6.07, 6.45) is 7.16. The van der Waals surface area contributed by atoms with Gasteiger partial charge in [0.25, 0.3) is 5.91 Å². The molecule has 1 aromatic heterocycles. The number of nitrogen functional groups attached to an aromatic ring is 1. The number of hydrogen-bond acceptors (Lipinski definition) is 3. The van der Waals surface area contributed by atoms with E-state index in [1.54, 1.807) is 4.68 Å². The Labute approximate surface area is 107 Å². The molecular weight excluding hydrogens is 228 g/mol. The van der Waals surface area contributed by atoms with Crippen LogP contribution in [-0.4, -0.2) is 21.7 Å². The van der Waals surface area contributed by atoms with Gasteiger partial charge in [0.05, 0.1) is 11.4 Å². The highest BCUT2D eigenvalue weighted by atomic mass is 16.2. The summed E-state index contributed by atoms with van der Waals surface area (Å²) in [5, 5.41) is 7.29. The van der Waals surface area contributed by atoms with E-state index in [-0.39, 0.29) is 11.9 Å². The number of aromatic nitrogens is 2. The zero-order valence-electron chi connectivity index (χ0n) is 10.9. The fraction of sp³-hybridized carbons (Fsp3) is 0.538. The Morgan fingerprint density at radius 1 is 1.61 bits per heavy atom. The molecule has 18 heavy (non-hydrogen) atoms. The molecule has 0 aromatic carbocycles. The molecule has 1 atom stereocenters. The number of allylic oxidation sites excluding steroid dienone is 1. The molecule has 1 aliphatic carbocycles. The van der Waals surface area contributed by atoms with Crippen LogP contribution in [0.1, 0.15) is 42.4 Å². The number of aryl methyl sites for hydroxylation is 2. The van der Waals surface area contributed by atoms with Crippen LogP contribution in [0.2, 0.25) is 0 Å². The zero-order valence-corrected chi connectivity index (χ0v) is 10.9. The molecule has 0 saturated carbocycles. The van der Waals surface area contributed by atoms with Gasteiger partial charge in [-0.3, -0.25) is 9.48 Å². The van der Waals surface area contributed by atoms with Gasteiger partial charge in [0, 0.05) is 12.6 Å². The summed E-state index contributed by atoms with van der Waals surface area (Å²) in [6, 6.07) is 0.211. The van der Waals surface area contributed by atoms with Gasteiger partial charge in [-0.1, -0.05) is 12.2 Å². The maximum atomic E-state index is 12.3. The molecule has 0 radical (unpaired) electrons. The molecule has 1 aliphatic rings. The Balaban J connectivity index is 2.15. The maximum absolute atomic E-state index is 12.3. The molecular formula is C13H20N4O. The van der Waals surface area contributed by atoms with Crippen molar-refractivity contribution >= 4 is 11.6 Å². The van der Waals surface area contributed by atoms with Gasteiger partial charge < -0.3 is 11.1 Å². The number of carbonyl (C=O) groups is 1. The highest BCUT2D eigenvalue weighted by molar-refractivity contribution is 5.98. The average molecular weight is 248 g/mol. The van der Waals surface area contributed by atoms with E-state index in [4.69, 9.17) is 5.73 Å². The molecule has 5 nitrogen and oxygen atoms in total. The van der Waals surface area contributed by atoms with Crippen LogP contribution in [-0.2, 0) is 6.54 Å². The molecule has 1 unspecified atom stereocenters. The van der Waals surface area contributed by atoms with Gasteiger partial charge in [-0.25, -0.2) is 0 Å². The molecule has 2 rings (SSSR count). The number of anilines is 1. The number of nitrogens with two attached hydrogens (primary N) is 1. The van der Waals surface area contributed by atoms with Crippen molar-refractivity contribution in [2.45, 2.75) is 45.7 Å². The number of rotatable bonds is 3. The molecule has 0 bridgehead atoms. The van der Waals surface area contributed by atoms with Crippen molar-refractivity contribution in [2.75, 3.05) is 5.73 Å². The minimum atomic E-state index is -0.116. The van der Waals surface area contributed by atoms with Gasteiger partial charge in [-0.2, -0.15) is 5.10 Å².